The minimum Gasteiger partial charge on any atom is -0.493 e. The van der Waals surface area contributed by atoms with Gasteiger partial charge in [-0.1, -0.05) is 11.6 Å². The van der Waals surface area contributed by atoms with Crippen LogP contribution < -0.4 is 9.47 Å². The first-order valence-electron chi connectivity index (χ1n) is 6.09. The normalized spacial score (nSPS) is 10.5. The van der Waals surface area contributed by atoms with Gasteiger partial charge in [-0.05, 0) is 18.2 Å². The lowest BCUT2D eigenvalue weighted by Crippen LogP contribution is -2.03. The standard InChI is InChI=1S/C15H13ClF2O3/c1-20-14-5-11(16)4-10(7-19)15(14)21-8-9-2-3-12(17)6-13(9)18/h2-6,19H,7-8H2,1H3. The molecule has 0 aromatic heterocycles. The van der Waals surface area contributed by atoms with Crippen LogP contribution in [0.15, 0.2) is 30.3 Å². The molecule has 0 spiro atoms. The summed E-state index contributed by atoms with van der Waals surface area (Å²) in [6, 6.07) is 6.28. The maximum absolute atomic E-state index is 13.6. The third-order valence-electron chi connectivity index (χ3n) is 2.87. The molecule has 0 heterocycles. The summed E-state index contributed by atoms with van der Waals surface area (Å²) in [6.07, 6.45) is 0. The van der Waals surface area contributed by atoms with Gasteiger partial charge in [0.05, 0.1) is 13.7 Å². The fraction of sp³-hybridized carbons (Fsp3) is 0.200. The van der Waals surface area contributed by atoms with Gasteiger partial charge < -0.3 is 14.6 Å². The smallest absolute Gasteiger partial charge is 0.167 e. The minimum absolute atomic E-state index is 0.128. The second-order valence-corrected chi connectivity index (χ2v) is 4.72. The Hall–Kier alpha value is -1.85. The van der Waals surface area contributed by atoms with Crippen molar-refractivity contribution in [3.63, 3.8) is 0 Å². The van der Waals surface area contributed by atoms with E-state index in [-0.39, 0.29) is 24.5 Å². The van der Waals surface area contributed by atoms with E-state index in [2.05, 4.69) is 0 Å². The number of aliphatic hydroxyl groups excluding tert-OH is 1. The molecule has 2 aromatic rings. The summed E-state index contributed by atoms with van der Waals surface area (Å²) in [5.41, 5.74) is 0.610. The lowest BCUT2D eigenvalue weighted by molar-refractivity contribution is 0.248. The lowest BCUT2D eigenvalue weighted by atomic mass is 10.2. The second-order valence-electron chi connectivity index (χ2n) is 4.28. The van der Waals surface area contributed by atoms with Gasteiger partial charge in [0.25, 0.3) is 0 Å². The SMILES string of the molecule is COc1cc(Cl)cc(CO)c1OCc1ccc(F)cc1F. The van der Waals surface area contributed by atoms with E-state index in [0.717, 1.165) is 12.1 Å². The van der Waals surface area contributed by atoms with Crippen molar-refractivity contribution in [2.45, 2.75) is 13.2 Å². The Morgan fingerprint density at radius 3 is 2.52 bits per heavy atom. The summed E-state index contributed by atoms with van der Waals surface area (Å²) in [5.74, 6) is -0.757. The van der Waals surface area contributed by atoms with E-state index in [0.29, 0.717) is 16.3 Å². The van der Waals surface area contributed by atoms with Crippen molar-refractivity contribution in [3.05, 3.63) is 58.1 Å². The Morgan fingerprint density at radius 1 is 1.14 bits per heavy atom. The lowest BCUT2D eigenvalue weighted by Gasteiger charge is -2.15. The molecule has 3 nitrogen and oxygen atoms in total. The van der Waals surface area contributed by atoms with Gasteiger partial charge in [0.2, 0.25) is 0 Å². The quantitative estimate of drug-likeness (QED) is 0.914. The van der Waals surface area contributed by atoms with Gasteiger partial charge in [-0.15, -0.1) is 0 Å². The zero-order valence-corrected chi connectivity index (χ0v) is 12.0. The number of rotatable bonds is 5. The first-order valence-corrected chi connectivity index (χ1v) is 6.47. The Kier molecular flexibility index (Phi) is 4.98. The van der Waals surface area contributed by atoms with Gasteiger partial charge in [-0.25, -0.2) is 8.78 Å². The van der Waals surface area contributed by atoms with Gasteiger partial charge >= 0.3 is 0 Å². The highest BCUT2D eigenvalue weighted by Gasteiger charge is 2.13. The summed E-state index contributed by atoms with van der Waals surface area (Å²) in [5, 5.41) is 9.72. The fourth-order valence-corrected chi connectivity index (χ4v) is 2.08. The molecule has 0 bridgehead atoms. The monoisotopic (exact) mass is 314 g/mol. The average molecular weight is 315 g/mol. The molecule has 0 unspecified atom stereocenters. The zero-order chi connectivity index (χ0) is 15.4. The maximum atomic E-state index is 13.6. The van der Waals surface area contributed by atoms with Crippen LogP contribution in [0.1, 0.15) is 11.1 Å². The summed E-state index contributed by atoms with van der Waals surface area (Å²) >= 11 is 5.89. The molecule has 0 radical (unpaired) electrons. The van der Waals surface area contributed by atoms with Crippen molar-refractivity contribution in [1.29, 1.82) is 0 Å². The number of aliphatic hydroxyl groups is 1. The average Bonchev–Trinajstić information content (AvgIpc) is 2.46. The van der Waals surface area contributed by atoms with Gasteiger partial charge in [0, 0.05) is 28.3 Å². The largest absolute Gasteiger partial charge is 0.493 e. The van der Waals surface area contributed by atoms with Crippen LogP contribution in [-0.4, -0.2) is 12.2 Å². The van der Waals surface area contributed by atoms with Gasteiger partial charge in [0.1, 0.15) is 18.2 Å². The first-order chi connectivity index (χ1) is 10.0. The molecule has 2 rings (SSSR count). The van der Waals surface area contributed by atoms with Crippen LogP contribution in [0.4, 0.5) is 8.78 Å². The molecule has 0 aliphatic rings. The molecule has 0 saturated carbocycles. The number of hydrogen-bond acceptors (Lipinski definition) is 3. The Balaban J connectivity index is 2.26. The molecule has 0 atom stereocenters. The number of hydrogen-bond donors (Lipinski definition) is 1. The van der Waals surface area contributed by atoms with Crippen LogP contribution in [0.2, 0.25) is 5.02 Å². The van der Waals surface area contributed by atoms with Crippen LogP contribution in [0.3, 0.4) is 0 Å². The molecule has 1 N–H and O–H groups in total. The Bertz CT molecular complexity index is 622. The molecule has 0 aliphatic carbocycles. The van der Waals surface area contributed by atoms with Gasteiger partial charge in [-0.2, -0.15) is 0 Å². The van der Waals surface area contributed by atoms with E-state index in [4.69, 9.17) is 21.1 Å². The van der Waals surface area contributed by atoms with Crippen LogP contribution in [0.25, 0.3) is 0 Å². The third-order valence-corrected chi connectivity index (χ3v) is 3.09. The van der Waals surface area contributed by atoms with Crippen molar-refractivity contribution in [2.75, 3.05) is 7.11 Å². The minimum atomic E-state index is -0.700. The Labute approximate surface area is 125 Å². The van der Waals surface area contributed by atoms with E-state index >= 15 is 0 Å². The molecule has 0 aliphatic heterocycles. The maximum Gasteiger partial charge on any atom is 0.167 e. The molecular weight excluding hydrogens is 302 g/mol. The first kappa shape index (κ1) is 15.5. The predicted octanol–water partition coefficient (Wildman–Crippen LogP) is 3.70. The van der Waals surface area contributed by atoms with Crippen LogP contribution in [0, 0.1) is 11.6 Å². The highest BCUT2D eigenvalue weighted by Crippen LogP contribution is 2.35. The van der Waals surface area contributed by atoms with E-state index in [1.165, 1.54) is 25.3 Å². The molecule has 21 heavy (non-hydrogen) atoms. The molecular formula is C15H13ClF2O3. The summed E-state index contributed by atoms with van der Waals surface area (Å²) < 4.78 is 37.0. The fourth-order valence-electron chi connectivity index (χ4n) is 1.84. The number of benzene rings is 2. The number of methoxy groups -OCH3 is 1. The van der Waals surface area contributed by atoms with Gasteiger partial charge in [-0.3, -0.25) is 0 Å². The summed E-state index contributed by atoms with van der Waals surface area (Å²) in [6.45, 7) is -0.435. The van der Waals surface area contributed by atoms with Crippen LogP contribution in [0.5, 0.6) is 11.5 Å². The van der Waals surface area contributed by atoms with E-state index in [9.17, 15) is 13.9 Å². The van der Waals surface area contributed by atoms with E-state index in [1.807, 2.05) is 0 Å². The van der Waals surface area contributed by atoms with Gasteiger partial charge in [0.15, 0.2) is 11.5 Å². The molecule has 0 amide bonds. The Morgan fingerprint density at radius 2 is 1.90 bits per heavy atom. The van der Waals surface area contributed by atoms with E-state index < -0.39 is 11.6 Å². The molecule has 112 valence electrons. The van der Waals surface area contributed by atoms with Crippen molar-refractivity contribution in [2.24, 2.45) is 0 Å². The summed E-state index contributed by atoms with van der Waals surface area (Å²) in [4.78, 5) is 0. The highest BCUT2D eigenvalue weighted by atomic mass is 35.5. The predicted molar refractivity (Wildman–Crippen MR) is 74.6 cm³/mol. The summed E-state index contributed by atoms with van der Waals surface area (Å²) in [7, 11) is 1.43. The highest BCUT2D eigenvalue weighted by molar-refractivity contribution is 6.30. The number of ether oxygens (including phenoxy) is 2. The van der Waals surface area contributed by atoms with Crippen molar-refractivity contribution < 1.29 is 23.4 Å². The molecule has 2 aromatic carbocycles. The number of halogens is 3. The van der Waals surface area contributed by atoms with Crippen LogP contribution in [-0.2, 0) is 13.2 Å². The van der Waals surface area contributed by atoms with E-state index in [1.54, 1.807) is 0 Å². The topological polar surface area (TPSA) is 38.7 Å². The third kappa shape index (κ3) is 3.62. The molecule has 0 fully saturated rings. The van der Waals surface area contributed by atoms with Crippen LogP contribution >= 0.6 is 11.6 Å². The second kappa shape index (κ2) is 6.74. The van der Waals surface area contributed by atoms with Crippen molar-refractivity contribution in [1.82, 2.24) is 0 Å². The molecule has 0 saturated heterocycles. The molecule has 6 heteroatoms. The zero-order valence-electron chi connectivity index (χ0n) is 11.2. The van der Waals surface area contributed by atoms with Crippen molar-refractivity contribution in [3.8, 4) is 11.5 Å². The van der Waals surface area contributed by atoms with Crippen molar-refractivity contribution >= 4 is 11.6 Å².